The highest BCUT2D eigenvalue weighted by Gasteiger charge is 2.35. The van der Waals surface area contributed by atoms with Crippen LogP contribution in [0.3, 0.4) is 0 Å². The van der Waals surface area contributed by atoms with Crippen LogP contribution in [0, 0.1) is 0 Å². The van der Waals surface area contributed by atoms with Crippen LogP contribution in [0.5, 0.6) is 0 Å². The van der Waals surface area contributed by atoms with Crippen LogP contribution in [0.25, 0.3) is 0 Å². The van der Waals surface area contributed by atoms with Crippen molar-refractivity contribution in [3.8, 4) is 0 Å². The first-order chi connectivity index (χ1) is 9.95. The van der Waals surface area contributed by atoms with Gasteiger partial charge in [-0.2, -0.15) is 0 Å². The first kappa shape index (κ1) is 15.9. The molecule has 0 bridgehead atoms. The Morgan fingerprint density at radius 3 is 2.33 bits per heavy atom. The molecule has 0 aromatic carbocycles. The van der Waals surface area contributed by atoms with Crippen LogP contribution in [0.4, 0.5) is 4.79 Å². The Hall–Kier alpha value is -1.50. The highest BCUT2D eigenvalue weighted by molar-refractivity contribution is 5.88. The van der Waals surface area contributed by atoms with Crippen LogP contribution in [0.15, 0.2) is 5.16 Å². The number of amides is 2. The van der Waals surface area contributed by atoms with E-state index in [0.717, 1.165) is 25.9 Å². The van der Waals surface area contributed by atoms with E-state index in [0.29, 0.717) is 19.1 Å². The van der Waals surface area contributed by atoms with Gasteiger partial charge in [-0.1, -0.05) is 18.0 Å². The highest BCUT2D eigenvalue weighted by atomic mass is 16.4. The largest absolute Gasteiger partial charge is 0.409 e. The molecule has 0 spiro atoms. The lowest BCUT2D eigenvalue weighted by atomic mass is 10.0. The Morgan fingerprint density at radius 2 is 1.81 bits per heavy atom. The van der Waals surface area contributed by atoms with Crippen molar-refractivity contribution in [3.63, 3.8) is 0 Å². The number of nitrogens with two attached hydrogens (primary N) is 1. The first-order valence-corrected chi connectivity index (χ1v) is 7.73. The van der Waals surface area contributed by atoms with Crippen LogP contribution in [-0.4, -0.2) is 64.6 Å². The maximum absolute atomic E-state index is 12.2. The number of rotatable bonds is 3. The lowest BCUT2D eigenvalue weighted by Crippen LogP contribution is -2.61. The Bertz CT molecular complexity index is 396. The van der Waals surface area contributed by atoms with Crippen molar-refractivity contribution < 1.29 is 10.0 Å². The molecule has 0 aromatic rings. The zero-order valence-electron chi connectivity index (χ0n) is 13.0. The second-order valence-electron chi connectivity index (χ2n) is 6.45. The molecule has 0 aromatic heterocycles. The van der Waals surface area contributed by atoms with Gasteiger partial charge in [-0.3, -0.25) is 4.90 Å². The summed E-state index contributed by atoms with van der Waals surface area (Å²) in [6, 6.07) is 0.396. The number of carbonyl (C=O) groups is 1. The summed E-state index contributed by atoms with van der Waals surface area (Å²) in [5.74, 6) is 0.200. The molecular weight excluding hydrogens is 270 g/mol. The van der Waals surface area contributed by atoms with Gasteiger partial charge in [-0.05, 0) is 26.7 Å². The van der Waals surface area contributed by atoms with E-state index in [9.17, 15) is 4.79 Å². The van der Waals surface area contributed by atoms with E-state index in [-0.39, 0.29) is 11.9 Å². The minimum Gasteiger partial charge on any atom is -0.409 e. The van der Waals surface area contributed by atoms with Crippen LogP contribution in [-0.2, 0) is 0 Å². The number of urea groups is 1. The normalized spacial score (nSPS) is 22.6. The van der Waals surface area contributed by atoms with Gasteiger partial charge < -0.3 is 21.2 Å². The fourth-order valence-corrected chi connectivity index (χ4v) is 3.09. The van der Waals surface area contributed by atoms with Gasteiger partial charge in [0.05, 0.1) is 5.54 Å². The maximum atomic E-state index is 12.2. The maximum Gasteiger partial charge on any atom is 0.317 e. The SMILES string of the molecule is CC(C)(C(N)=NO)N1CCN(C(=O)NC2CCCC2)CC1. The monoisotopic (exact) mass is 297 g/mol. The molecule has 1 aliphatic carbocycles. The van der Waals surface area contributed by atoms with Gasteiger partial charge in [-0.15, -0.1) is 0 Å². The van der Waals surface area contributed by atoms with E-state index < -0.39 is 5.54 Å². The fourth-order valence-electron chi connectivity index (χ4n) is 3.09. The van der Waals surface area contributed by atoms with Crippen LogP contribution >= 0.6 is 0 Å². The van der Waals surface area contributed by atoms with E-state index in [2.05, 4.69) is 15.4 Å². The van der Waals surface area contributed by atoms with Crippen molar-refractivity contribution in [2.45, 2.75) is 51.1 Å². The molecular formula is C14H27N5O2. The van der Waals surface area contributed by atoms with Crippen LogP contribution in [0.1, 0.15) is 39.5 Å². The van der Waals surface area contributed by atoms with E-state index in [4.69, 9.17) is 10.9 Å². The molecule has 120 valence electrons. The Labute approximate surface area is 126 Å². The average Bonchev–Trinajstić information content (AvgIpc) is 2.99. The third-order valence-electron chi connectivity index (χ3n) is 4.77. The summed E-state index contributed by atoms with van der Waals surface area (Å²) in [5, 5.41) is 15.1. The van der Waals surface area contributed by atoms with Crippen LogP contribution < -0.4 is 11.1 Å². The molecule has 1 aliphatic heterocycles. The molecule has 7 heteroatoms. The molecule has 1 heterocycles. The Kier molecular flexibility index (Phi) is 4.92. The van der Waals surface area contributed by atoms with E-state index >= 15 is 0 Å². The van der Waals surface area contributed by atoms with Gasteiger partial charge in [0.25, 0.3) is 0 Å². The summed E-state index contributed by atoms with van der Waals surface area (Å²) < 4.78 is 0. The van der Waals surface area contributed by atoms with E-state index in [1.54, 1.807) is 0 Å². The second kappa shape index (κ2) is 6.51. The molecule has 0 unspecified atom stereocenters. The number of carbonyl (C=O) groups excluding carboxylic acids is 1. The minimum atomic E-state index is -0.497. The predicted molar refractivity (Wildman–Crippen MR) is 81.4 cm³/mol. The lowest BCUT2D eigenvalue weighted by molar-refractivity contribution is 0.0943. The predicted octanol–water partition coefficient (Wildman–Crippen LogP) is 0.781. The third kappa shape index (κ3) is 3.58. The smallest absolute Gasteiger partial charge is 0.317 e. The Morgan fingerprint density at radius 1 is 1.24 bits per heavy atom. The minimum absolute atomic E-state index is 0.0446. The molecule has 2 aliphatic rings. The average molecular weight is 297 g/mol. The number of hydrogen-bond acceptors (Lipinski definition) is 4. The summed E-state index contributed by atoms with van der Waals surface area (Å²) in [5.41, 5.74) is 5.25. The molecule has 2 rings (SSSR count). The summed E-state index contributed by atoms with van der Waals surface area (Å²) >= 11 is 0. The molecule has 0 radical (unpaired) electrons. The van der Waals surface area contributed by atoms with Crippen molar-refractivity contribution in [1.29, 1.82) is 0 Å². The van der Waals surface area contributed by atoms with Crippen molar-refractivity contribution in [2.24, 2.45) is 10.9 Å². The van der Waals surface area contributed by atoms with Gasteiger partial charge in [0.2, 0.25) is 0 Å². The number of oxime groups is 1. The molecule has 1 saturated carbocycles. The highest BCUT2D eigenvalue weighted by Crippen LogP contribution is 2.19. The van der Waals surface area contributed by atoms with Gasteiger partial charge >= 0.3 is 6.03 Å². The molecule has 2 amide bonds. The Balaban J connectivity index is 1.83. The van der Waals surface area contributed by atoms with Crippen molar-refractivity contribution in [2.75, 3.05) is 26.2 Å². The number of nitrogens with one attached hydrogen (secondary N) is 1. The molecule has 21 heavy (non-hydrogen) atoms. The molecule has 7 nitrogen and oxygen atoms in total. The standard InChI is InChI=1S/C14H27N5O2/c1-14(2,12(15)17-21)19-9-7-18(8-10-19)13(20)16-11-5-3-4-6-11/h11,21H,3-10H2,1-2H3,(H2,15,17)(H,16,20). The van der Waals surface area contributed by atoms with Gasteiger partial charge in [0, 0.05) is 32.2 Å². The topological polar surface area (TPSA) is 94.2 Å². The summed E-state index contributed by atoms with van der Waals surface area (Å²) in [4.78, 5) is 16.2. The molecule has 2 fully saturated rings. The lowest BCUT2D eigenvalue weighted by Gasteiger charge is -2.43. The zero-order chi connectivity index (χ0) is 15.5. The number of hydrogen-bond donors (Lipinski definition) is 3. The summed E-state index contributed by atoms with van der Waals surface area (Å²) in [6.45, 7) is 6.64. The molecule has 4 N–H and O–H groups in total. The quantitative estimate of drug-likeness (QED) is 0.310. The van der Waals surface area contributed by atoms with Crippen molar-refractivity contribution in [3.05, 3.63) is 0 Å². The van der Waals surface area contributed by atoms with Crippen molar-refractivity contribution in [1.82, 2.24) is 15.1 Å². The number of nitrogens with zero attached hydrogens (tertiary/aromatic N) is 3. The zero-order valence-corrected chi connectivity index (χ0v) is 13.0. The van der Waals surface area contributed by atoms with Gasteiger partial charge in [0.15, 0.2) is 5.84 Å². The summed E-state index contributed by atoms with van der Waals surface area (Å²) in [6.07, 6.45) is 4.63. The van der Waals surface area contributed by atoms with Gasteiger partial charge in [0.1, 0.15) is 0 Å². The van der Waals surface area contributed by atoms with Crippen molar-refractivity contribution >= 4 is 11.9 Å². The van der Waals surface area contributed by atoms with Crippen LogP contribution in [0.2, 0.25) is 0 Å². The fraction of sp³-hybridized carbons (Fsp3) is 0.857. The molecule has 1 saturated heterocycles. The number of piperazine rings is 1. The molecule has 0 atom stereocenters. The summed E-state index contributed by atoms with van der Waals surface area (Å²) in [7, 11) is 0. The third-order valence-corrected chi connectivity index (χ3v) is 4.77. The van der Waals surface area contributed by atoms with Gasteiger partial charge in [-0.25, -0.2) is 4.79 Å². The number of amidine groups is 1. The first-order valence-electron chi connectivity index (χ1n) is 7.73. The van der Waals surface area contributed by atoms with E-state index in [1.165, 1.54) is 12.8 Å². The van der Waals surface area contributed by atoms with E-state index in [1.807, 2.05) is 18.7 Å². The second-order valence-corrected chi connectivity index (χ2v) is 6.45.